The zero-order valence-electron chi connectivity index (χ0n) is 19.9. The third-order valence-electron chi connectivity index (χ3n) is 5.23. The Morgan fingerprint density at radius 2 is 1.72 bits per heavy atom. The van der Waals surface area contributed by atoms with E-state index in [0.717, 1.165) is 16.8 Å². The summed E-state index contributed by atoms with van der Waals surface area (Å²) in [6.07, 6.45) is 0. The molecule has 0 saturated heterocycles. The predicted molar refractivity (Wildman–Crippen MR) is 142 cm³/mol. The van der Waals surface area contributed by atoms with Crippen molar-refractivity contribution in [3.8, 4) is 28.6 Å². The summed E-state index contributed by atoms with van der Waals surface area (Å²) in [6, 6.07) is 22.6. The fourth-order valence-electron chi connectivity index (χ4n) is 3.39. The van der Waals surface area contributed by atoms with Crippen LogP contribution in [-0.4, -0.2) is 46.4 Å². The van der Waals surface area contributed by atoms with Crippen molar-refractivity contribution in [3.05, 3.63) is 83.4 Å². The van der Waals surface area contributed by atoms with Crippen molar-refractivity contribution >= 4 is 35.0 Å². The molecule has 8 nitrogen and oxygen atoms in total. The summed E-state index contributed by atoms with van der Waals surface area (Å²) in [5.41, 5.74) is 5.78. The number of hydrazone groups is 1. The molecule has 3 aromatic carbocycles. The summed E-state index contributed by atoms with van der Waals surface area (Å²) in [5, 5.41) is 14.2. The first-order valence-corrected chi connectivity index (χ1v) is 12.3. The molecule has 1 heterocycles. The average Bonchev–Trinajstić information content (AvgIpc) is 3.35. The van der Waals surface area contributed by atoms with Crippen LogP contribution in [0.25, 0.3) is 17.1 Å². The van der Waals surface area contributed by atoms with E-state index >= 15 is 0 Å². The third kappa shape index (κ3) is 5.87. The lowest BCUT2D eigenvalue weighted by molar-refractivity contribution is -0.118. The Morgan fingerprint density at radius 1 is 1.00 bits per heavy atom. The van der Waals surface area contributed by atoms with E-state index in [1.807, 2.05) is 53.1 Å². The number of carbonyl (C=O) groups excluding carboxylic acids is 1. The molecule has 0 unspecified atom stereocenters. The van der Waals surface area contributed by atoms with Gasteiger partial charge in [-0.25, -0.2) is 5.43 Å². The van der Waals surface area contributed by atoms with Crippen molar-refractivity contribution in [2.24, 2.45) is 5.10 Å². The molecule has 4 aromatic rings. The van der Waals surface area contributed by atoms with E-state index < -0.39 is 0 Å². The van der Waals surface area contributed by atoms with Crippen LogP contribution in [0.15, 0.2) is 83.1 Å². The minimum atomic E-state index is -0.272. The van der Waals surface area contributed by atoms with Gasteiger partial charge in [0.25, 0.3) is 5.91 Å². The predicted octanol–water partition coefficient (Wildman–Crippen LogP) is 5.24. The number of ether oxygens (including phenoxy) is 2. The molecule has 1 amide bonds. The van der Waals surface area contributed by atoms with Crippen LogP contribution in [0.4, 0.5) is 0 Å². The van der Waals surface area contributed by atoms with Crippen LogP contribution in [0.2, 0.25) is 5.02 Å². The number of thioether (sulfide) groups is 1. The standard InChI is InChI=1S/C26H24ClN5O3S/c1-17(19-9-14-22(34-2)23(15-19)35-3)28-29-24(33)16-36-26-31-30-25(18-7-5-4-6-8-18)32(26)21-12-10-20(27)11-13-21/h4-15H,16H2,1-3H3,(H,29,33)/b28-17-. The zero-order chi connectivity index (χ0) is 25.5. The Hall–Kier alpha value is -3.82. The van der Waals surface area contributed by atoms with Crippen molar-refractivity contribution in [2.45, 2.75) is 12.1 Å². The largest absolute Gasteiger partial charge is 0.493 e. The van der Waals surface area contributed by atoms with E-state index in [0.29, 0.717) is 33.2 Å². The molecule has 0 radical (unpaired) electrons. The molecule has 0 aliphatic heterocycles. The highest BCUT2D eigenvalue weighted by Gasteiger charge is 2.17. The topological polar surface area (TPSA) is 90.6 Å². The summed E-state index contributed by atoms with van der Waals surface area (Å²) < 4.78 is 12.5. The molecule has 36 heavy (non-hydrogen) atoms. The first-order valence-electron chi connectivity index (χ1n) is 10.9. The van der Waals surface area contributed by atoms with E-state index in [9.17, 15) is 4.79 Å². The smallest absolute Gasteiger partial charge is 0.250 e. The van der Waals surface area contributed by atoms with Crippen LogP contribution in [0.5, 0.6) is 11.5 Å². The second-order valence-corrected chi connectivity index (χ2v) is 8.95. The van der Waals surface area contributed by atoms with Crippen molar-refractivity contribution in [2.75, 3.05) is 20.0 Å². The van der Waals surface area contributed by atoms with Crippen LogP contribution >= 0.6 is 23.4 Å². The first-order chi connectivity index (χ1) is 17.5. The molecule has 0 bridgehead atoms. The molecule has 0 aliphatic carbocycles. The van der Waals surface area contributed by atoms with Crippen molar-refractivity contribution in [3.63, 3.8) is 0 Å². The van der Waals surface area contributed by atoms with Gasteiger partial charge in [-0.05, 0) is 49.4 Å². The molecule has 0 fully saturated rings. The van der Waals surface area contributed by atoms with Crippen molar-refractivity contribution in [1.82, 2.24) is 20.2 Å². The number of rotatable bonds is 9. The average molecular weight is 522 g/mol. The lowest BCUT2D eigenvalue weighted by Crippen LogP contribution is -2.21. The number of aromatic nitrogens is 3. The van der Waals surface area contributed by atoms with E-state index in [1.165, 1.54) is 11.8 Å². The number of nitrogens with zero attached hydrogens (tertiary/aromatic N) is 4. The fraction of sp³-hybridized carbons (Fsp3) is 0.154. The highest BCUT2D eigenvalue weighted by Crippen LogP contribution is 2.29. The SMILES string of the molecule is COc1ccc(/C(C)=N\NC(=O)CSc2nnc(-c3ccccc3)n2-c2ccc(Cl)cc2)cc1OC. The van der Waals surface area contributed by atoms with Crippen LogP contribution < -0.4 is 14.9 Å². The molecular weight excluding hydrogens is 498 g/mol. The van der Waals surface area contributed by atoms with Crippen molar-refractivity contribution in [1.29, 1.82) is 0 Å². The van der Waals surface area contributed by atoms with Gasteiger partial charge in [-0.1, -0.05) is 53.7 Å². The van der Waals surface area contributed by atoms with Crippen molar-refractivity contribution < 1.29 is 14.3 Å². The zero-order valence-corrected chi connectivity index (χ0v) is 21.5. The number of halogens is 1. The van der Waals surface area contributed by atoms with Gasteiger partial charge >= 0.3 is 0 Å². The highest BCUT2D eigenvalue weighted by molar-refractivity contribution is 7.99. The number of carbonyl (C=O) groups is 1. The summed E-state index contributed by atoms with van der Waals surface area (Å²) in [4.78, 5) is 12.6. The number of methoxy groups -OCH3 is 2. The van der Waals surface area contributed by atoms with Gasteiger partial charge in [0.2, 0.25) is 0 Å². The molecule has 10 heteroatoms. The highest BCUT2D eigenvalue weighted by atomic mass is 35.5. The maximum Gasteiger partial charge on any atom is 0.250 e. The van der Waals surface area contributed by atoms with E-state index in [4.69, 9.17) is 21.1 Å². The Bertz CT molecular complexity index is 1370. The van der Waals surface area contributed by atoms with E-state index in [-0.39, 0.29) is 11.7 Å². The van der Waals surface area contributed by atoms with Crippen LogP contribution in [0, 0.1) is 0 Å². The quantitative estimate of drug-likeness (QED) is 0.184. The van der Waals surface area contributed by atoms with Gasteiger partial charge in [0, 0.05) is 21.8 Å². The number of hydrogen-bond donors (Lipinski definition) is 1. The molecule has 0 atom stereocenters. The summed E-state index contributed by atoms with van der Waals surface area (Å²) in [6.45, 7) is 1.80. The lowest BCUT2D eigenvalue weighted by atomic mass is 10.1. The minimum absolute atomic E-state index is 0.100. The molecule has 1 aromatic heterocycles. The number of amides is 1. The Kier molecular flexibility index (Phi) is 8.24. The Morgan fingerprint density at radius 3 is 2.42 bits per heavy atom. The molecule has 1 N–H and O–H groups in total. The van der Waals surface area contributed by atoms with Gasteiger partial charge in [-0.2, -0.15) is 5.10 Å². The normalized spacial score (nSPS) is 11.3. The van der Waals surface area contributed by atoms with Crippen LogP contribution in [0.1, 0.15) is 12.5 Å². The molecule has 0 aliphatic rings. The van der Waals surface area contributed by atoms with Gasteiger partial charge in [0.05, 0.1) is 25.7 Å². The second kappa shape index (κ2) is 11.7. The molecular formula is C26H24ClN5O3S. The van der Waals surface area contributed by atoms with Gasteiger partial charge in [-0.3, -0.25) is 9.36 Å². The molecule has 184 valence electrons. The minimum Gasteiger partial charge on any atom is -0.493 e. The van der Waals surface area contributed by atoms with Gasteiger partial charge in [0.1, 0.15) is 0 Å². The molecule has 0 saturated carbocycles. The summed E-state index contributed by atoms with van der Waals surface area (Å²) in [7, 11) is 3.14. The van der Waals surface area contributed by atoms with E-state index in [1.54, 1.807) is 45.4 Å². The van der Waals surface area contributed by atoms with Gasteiger partial charge in [0.15, 0.2) is 22.5 Å². The lowest BCUT2D eigenvalue weighted by Gasteiger charge is -2.11. The number of nitrogens with one attached hydrogen (secondary N) is 1. The second-order valence-electron chi connectivity index (χ2n) is 7.57. The third-order valence-corrected chi connectivity index (χ3v) is 6.41. The summed E-state index contributed by atoms with van der Waals surface area (Å²) >= 11 is 7.35. The van der Waals surface area contributed by atoms with Crippen LogP contribution in [-0.2, 0) is 4.79 Å². The summed E-state index contributed by atoms with van der Waals surface area (Å²) in [5.74, 6) is 1.70. The number of benzene rings is 3. The molecule has 4 rings (SSSR count). The van der Waals surface area contributed by atoms with Crippen LogP contribution in [0.3, 0.4) is 0 Å². The molecule has 0 spiro atoms. The van der Waals surface area contributed by atoms with E-state index in [2.05, 4.69) is 20.7 Å². The van der Waals surface area contributed by atoms with Gasteiger partial charge < -0.3 is 9.47 Å². The monoisotopic (exact) mass is 521 g/mol. The Balaban J connectivity index is 1.49. The Labute approximate surface area is 218 Å². The maximum absolute atomic E-state index is 12.6. The maximum atomic E-state index is 12.6. The van der Waals surface area contributed by atoms with Gasteiger partial charge in [-0.15, -0.1) is 10.2 Å². The number of hydrogen-bond acceptors (Lipinski definition) is 7. The fourth-order valence-corrected chi connectivity index (χ4v) is 4.27. The first kappa shape index (κ1) is 25.3.